The van der Waals surface area contributed by atoms with E-state index in [0.717, 1.165) is 19.3 Å². The predicted molar refractivity (Wildman–Crippen MR) is 69.3 cm³/mol. The lowest BCUT2D eigenvalue weighted by Crippen LogP contribution is -2.52. The third-order valence-corrected chi connectivity index (χ3v) is 3.78. The van der Waals surface area contributed by atoms with Crippen LogP contribution in [0, 0.1) is 11.3 Å². The number of rotatable bonds is 4. The Morgan fingerprint density at radius 3 is 2.33 bits per heavy atom. The molecule has 0 saturated heterocycles. The first-order chi connectivity index (χ1) is 8.24. The molecule has 18 heavy (non-hydrogen) atoms. The van der Waals surface area contributed by atoms with Crippen molar-refractivity contribution in [1.29, 1.82) is 0 Å². The third kappa shape index (κ3) is 3.62. The minimum atomic E-state index is -0.995. The van der Waals surface area contributed by atoms with E-state index in [1.54, 1.807) is 13.8 Å². The number of carboxylic acids is 1. The molecule has 1 rings (SSSR count). The summed E-state index contributed by atoms with van der Waals surface area (Å²) < 4.78 is 0. The smallest absolute Gasteiger partial charge is 0.326 e. The van der Waals surface area contributed by atoms with Crippen LogP contribution in [-0.4, -0.2) is 29.2 Å². The van der Waals surface area contributed by atoms with Crippen molar-refractivity contribution in [3.8, 4) is 0 Å². The van der Waals surface area contributed by atoms with Crippen LogP contribution in [0.3, 0.4) is 0 Å². The first kappa shape index (κ1) is 14.8. The highest BCUT2D eigenvalue weighted by Crippen LogP contribution is 2.37. The number of aliphatic carboxylic acids is 1. The van der Waals surface area contributed by atoms with Gasteiger partial charge in [0.15, 0.2) is 0 Å². The number of carbonyl (C=O) groups is 2. The highest BCUT2D eigenvalue weighted by atomic mass is 16.4. The number of nitrogens with one attached hydrogen (secondary N) is 2. The minimum absolute atomic E-state index is 0.0912. The number of amides is 2. The van der Waals surface area contributed by atoms with Gasteiger partial charge in [0.1, 0.15) is 6.04 Å². The van der Waals surface area contributed by atoms with Crippen molar-refractivity contribution in [3.63, 3.8) is 0 Å². The van der Waals surface area contributed by atoms with Gasteiger partial charge in [-0.1, -0.05) is 34.1 Å². The lowest BCUT2D eigenvalue weighted by Gasteiger charge is -2.28. The van der Waals surface area contributed by atoms with E-state index in [0.29, 0.717) is 0 Å². The zero-order valence-corrected chi connectivity index (χ0v) is 11.6. The van der Waals surface area contributed by atoms with E-state index in [-0.39, 0.29) is 23.4 Å². The van der Waals surface area contributed by atoms with Crippen molar-refractivity contribution in [1.82, 2.24) is 10.6 Å². The fourth-order valence-electron chi connectivity index (χ4n) is 2.45. The summed E-state index contributed by atoms with van der Waals surface area (Å²) in [5.74, 6) is -1.13. The van der Waals surface area contributed by atoms with Gasteiger partial charge < -0.3 is 15.7 Å². The zero-order chi connectivity index (χ0) is 13.9. The van der Waals surface area contributed by atoms with Crippen LogP contribution in [0.1, 0.15) is 47.0 Å². The molecule has 0 aliphatic heterocycles. The molecule has 1 fully saturated rings. The Labute approximate surface area is 108 Å². The van der Waals surface area contributed by atoms with Gasteiger partial charge >= 0.3 is 12.0 Å². The van der Waals surface area contributed by atoms with Crippen LogP contribution in [-0.2, 0) is 4.79 Å². The molecule has 0 radical (unpaired) electrons. The van der Waals surface area contributed by atoms with Crippen LogP contribution < -0.4 is 10.6 Å². The van der Waals surface area contributed by atoms with Crippen molar-refractivity contribution in [2.75, 3.05) is 0 Å². The van der Waals surface area contributed by atoms with Crippen LogP contribution in [0.25, 0.3) is 0 Å². The van der Waals surface area contributed by atoms with E-state index >= 15 is 0 Å². The summed E-state index contributed by atoms with van der Waals surface area (Å²) in [4.78, 5) is 22.8. The van der Waals surface area contributed by atoms with Crippen molar-refractivity contribution in [2.24, 2.45) is 11.3 Å². The first-order valence-corrected chi connectivity index (χ1v) is 6.54. The molecule has 3 N–H and O–H groups in total. The molecule has 1 aliphatic rings. The molecule has 0 aromatic rings. The quantitative estimate of drug-likeness (QED) is 0.719. The molecular weight excluding hydrogens is 232 g/mol. The number of hydrogen-bond donors (Lipinski definition) is 3. The largest absolute Gasteiger partial charge is 0.480 e. The summed E-state index contributed by atoms with van der Waals surface area (Å²) in [7, 11) is 0. The number of carboxylic acid groups (broad SMARTS) is 1. The van der Waals surface area contributed by atoms with Crippen molar-refractivity contribution >= 4 is 12.0 Å². The van der Waals surface area contributed by atoms with Gasteiger partial charge in [-0.05, 0) is 24.2 Å². The summed E-state index contributed by atoms with van der Waals surface area (Å²) >= 11 is 0. The lowest BCUT2D eigenvalue weighted by molar-refractivity contribution is -0.140. The van der Waals surface area contributed by atoms with Gasteiger partial charge in [0, 0.05) is 6.04 Å². The summed E-state index contributed by atoms with van der Waals surface area (Å²) in [6.45, 7) is 7.81. The predicted octanol–water partition coefficient (Wildman–Crippen LogP) is 1.97. The molecule has 0 aromatic heterocycles. The molecule has 1 aliphatic carbocycles. The number of hydrogen-bond acceptors (Lipinski definition) is 2. The van der Waals surface area contributed by atoms with Crippen LogP contribution >= 0.6 is 0 Å². The maximum absolute atomic E-state index is 11.8. The van der Waals surface area contributed by atoms with Crippen LogP contribution in [0.2, 0.25) is 0 Å². The molecule has 2 unspecified atom stereocenters. The standard InChI is InChI=1S/C13H24N2O3/c1-8(2)10(11(16)17)15-12(18)14-9-6-5-7-13(9,3)4/h8-10H,5-7H2,1-4H3,(H,16,17)(H2,14,15,18). The molecule has 0 bridgehead atoms. The van der Waals surface area contributed by atoms with Gasteiger partial charge in [-0.3, -0.25) is 0 Å². The highest BCUT2D eigenvalue weighted by molar-refractivity contribution is 5.82. The van der Waals surface area contributed by atoms with Gasteiger partial charge in [-0.2, -0.15) is 0 Å². The number of carbonyl (C=O) groups excluding carboxylic acids is 1. The van der Waals surface area contributed by atoms with E-state index < -0.39 is 12.0 Å². The Morgan fingerprint density at radius 2 is 1.94 bits per heavy atom. The second-order valence-corrected chi connectivity index (χ2v) is 6.11. The Bertz CT molecular complexity index is 326. The van der Waals surface area contributed by atoms with E-state index in [1.165, 1.54) is 0 Å². The van der Waals surface area contributed by atoms with Crippen LogP contribution in [0.4, 0.5) is 4.79 Å². The van der Waals surface area contributed by atoms with Gasteiger partial charge in [-0.25, -0.2) is 9.59 Å². The maximum Gasteiger partial charge on any atom is 0.326 e. The average molecular weight is 256 g/mol. The summed E-state index contributed by atoms with van der Waals surface area (Å²) in [5, 5.41) is 14.4. The molecule has 2 atom stereocenters. The molecule has 5 heteroatoms. The van der Waals surface area contributed by atoms with Gasteiger partial charge in [0.2, 0.25) is 0 Å². The molecule has 0 aromatic carbocycles. The molecule has 2 amide bonds. The van der Waals surface area contributed by atoms with Crippen LogP contribution in [0.15, 0.2) is 0 Å². The van der Waals surface area contributed by atoms with Gasteiger partial charge in [0.25, 0.3) is 0 Å². The molecule has 0 heterocycles. The second kappa shape index (κ2) is 5.59. The zero-order valence-electron chi connectivity index (χ0n) is 11.6. The average Bonchev–Trinajstić information content (AvgIpc) is 2.54. The van der Waals surface area contributed by atoms with E-state index in [4.69, 9.17) is 5.11 Å². The molecule has 104 valence electrons. The normalized spacial score (nSPS) is 23.7. The van der Waals surface area contributed by atoms with Gasteiger partial charge in [-0.15, -0.1) is 0 Å². The minimum Gasteiger partial charge on any atom is -0.480 e. The van der Waals surface area contributed by atoms with E-state index in [2.05, 4.69) is 24.5 Å². The maximum atomic E-state index is 11.8. The van der Waals surface area contributed by atoms with E-state index in [1.807, 2.05) is 0 Å². The molecule has 5 nitrogen and oxygen atoms in total. The lowest BCUT2D eigenvalue weighted by atomic mass is 9.87. The summed E-state index contributed by atoms with van der Waals surface area (Å²) in [6, 6.07) is -1.09. The Hall–Kier alpha value is -1.26. The topological polar surface area (TPSA) is 78.4 Å². The highest BCUT2D eigenvalue weighted by Gasteiger charge is 2.36. The summed E-state index contributed by atoms with van der Waals surface area (Å²) in [5.41, 5.74) is 0.0912. The van der Waals surface area contributed by atoms with Crippen molar-refractivity contribution in [3.05, 3.63) is 0 Å². The number of urea groups is 1. The Morgan fingerprint density at radius 1 is 1.33 bits per heavy atom. The molecular formula is C13H24N2O3. The Kier molecular flexibility index (Phi) is 4.59. The fourth-order valence-corrected chi connectivity index (χ4v) is 2.45. The third-order valence-electron chi connectivity index (χ3n) is 3.78. The van der Waals surface area contributed by atoms with E-state index in [9.17, 15) is 9.59 Å². The SMILES string of the molecule is CC(C)C(NC(=O)NC1CCCC1(C)C)C(=O)O. The first-order valence-electron chi connectivity index (χ1n) is 6.54. The van der Waals surface area contributed by atoms with Gasteiger partial charge in [0.05, 0.1) is 0 Å². The second-order valence-electron chi connectivity index (χ2n) is 6.11. The summed E-state index contributed by atoms with van der Waals surface area (Å²) in [6.07, 6.45) is 3.15. The van der Waals surface area contributed by atoms with Crippen LogP contribution in [0.5, 0.6) is 0 Å². The molecule has 0 spiro atoms. The van der Waals surface area contributed by atoms with Crippen molar-refractivity contribution in [2.45, 2.75) is 59.0 Å². The Balaban J connectivity index is 2.53. The van der Waals surface area contributed by atoms with Crippen molar-refractivity contribution < 1.29 is 14.7 Å². The molecule has 1 saturated carbocycles. The monoisotopic (exact) mass is 256 g/mol. The fraction of sp³-hybridized carbons (Fsp3) is 0.846.